The van der Waals surface area contributed by atoms with E-state index in [0.717, 1.165) is 25.7 Å². The summed E-state index contributed by atoms with van der Waals surface area (Å²) in [5.41, 5.74) is 2.61. The maximum absolute atomic E-state index is 11.8. The molecule has 0 spiro atoms. The van der Waals surface area contributed by atoms with Crippen molar-refractivity contribution in [2.24, 2.45) is 5.92 Å². The van der Waals surface area contributed by atoms with Gasteiger partial charge in [0.05, 0.1) is 12.5 Å². The standard InChI is InChI=1S/C18H27NO2/c1-4-21-18(20)14-9-11-15(12-10-14)19-17-8-6-5-7-16(17)13(2)3/h5-8,13-15,19H,4,9-12H2,1-3H3. The number of anilines is 1. The molecule has 0 aromatic heterocycles. The van der Waals surface area contributed by atoms with Gasteiger partial charge in [0.1, 0.15) is 0 Å². The monoisotopic (exact) mass is 289 g/mol. The molecule has 0 radical (unpaired) electrons. The molecule has 1 saturated carbocycles. The Balaban J connectivity index is 1.91. The average Bonchev–Trinajstić information content (AvgIpc) is 2.48. The smallest absolute Gasteiger partial charge is 0.308 e. The molecule has 1 aliphatic carbocycles. The van der Waals surface area contributed by atoms with Crippen molar-refractivity contribution >= 4 is 11.7 Å². The quantitative estimate of drug-likeness (QED) is 0.819. The largest absolute Gasteiger partial charge is 0.466 e. The SMILES string of the molecule is CCOC(=O)C1CCC(Nc2ccccc2C(C)C)CC1. The van der Waals surface area contributed by atoms with Crippen LogP contribution in [0.3, 0.4) is 0 Å². The van der Waals surface area contributed by atoms with Crippen molar-refractivity contribution in [1.29, 1.82) is 0 Å². The zero-order chi connectivity index (χ0) is 15.2. The number of hydrogen-bond donors (Lipinski definition) is 1. The highest BCUT2D eigenvalue weighted by atomic mass is 16.5. The minimum atomic E-state index is -0.0152. The minimum Gasteiger partial charge on any atom is -0.466 e. The average molecular weight is 289 g/mol. The summed E-state index contributed by atoms with van der Waals surface area (Å²) in [7, 11) is 0. The molecule has 2 rings (SSSR count). The summed E-state index contributed by atoms with van der Waals surface area (Å²) < 4.78 is 5.13. The first kappa shape index (κ1) is 15.9. The van der Waals surface area contributed by atoms with E-state index in [-0.39, 0.29) is 11.9 Å². The van der Waals surface area contributed by atoms with E-state index in [2.05, 4.69) is 43.4 Å². The maximum atomic E-state index is 11.8. The van der Waals surface area contributed by atoms with Crippen molar-refractivity contribution in [3.63, 3.8) is 0 Å². The Kier molecular flexibility index (Phi) is 5.66. The Labute approximate surface area is 128 Å². The molecule has 1 aromatic carbocycles. The normalized spacial score (nSPS) is 22.1. The number of nitrogens with one attached hydrogen (secondary N) is 1. The first-order chi connectivity index (χ1) is 10.1. The Morgan fingerprint density at radius 2 is 1.90 bits per heavy atom. The van der Waals surface area contributed by atoms with Gasteiger partial charge in [-0.1, -0.05) is 32.0 Å². The van der Waals surface area contributed by atoms with Crippen LogP contribution in [0.4, 0.5) is 5.69 Å². The van der Waals surface area contributed by atoms with Crippen molar-refractivity contribution in [3.05, 3.63) is 29.8 Å². The topological polar surface area (TPSA) is 38.3 Å². The third-order valence-corrected chi connectivity index (χ3v) is 4.29. The second-order valence-corrected chi connectivity index (χ2v) is 6.19. The molecule has 0 heterocycles. The maximum Gasteiger partial charge on any atom is 0.308 e. The number of carbonyl (C=O) groups is 1. The van der Waals surface area contributed by atoms with E-state index >= 15 is 0 Å². The Bertz CT molecular complexity index is 462. The molecule has 3 nitrogen and oxygen atoms in total. The van der Waals surface area contributed by atoms with Crippen LogP contribution in [0.25, 0.3) is 0 Å². The molecule has 21 heavy (non-hydrogen) atoms. The fraction of sp³-hybridized carbons (Fsp3) is 0.611. The van der Waals surface area contributed by atoms with Crippen LogP contribution < -0.4 is 5.32 Å². The van der Waals surface area contributed by atoms with Gasteiger partial charge in [-0.25, -0.2) is 0 Å². The number of hydrogen-bond acceptors (Lipinski definition) is 3. The van der Waals surface area contributed by atoms with E-state index in [1.54, 1.807) is 0 Å². The van der Waals surface area contributed by atoms with Crippen molar-refractivity contribution in [3.8, 4) is 0 Å². The third kappa shape index (κ3) is 4.23. The van der Waals surface area contributed by atoms with Crippen LogP contribution in [-0.2, 0) is 9.53 Å². The third-order valence-electron chi connectivity index (χ3n) is 4.29. The second-order valence-electron chi connectivity index (χ2n) is 6.19. The first-order valence-electron chi connectivity index (χ1n) is 8.14. The zero-order valence-electron chi connectivity index (χ0n) is 13.4. The molecular formula is C18H27NO2. The highest BCUT2D eigenvalue weighted by molar-refractivity contribution is 5.72. The molecule has 1 N–H and O–H groups in total. The predicted molar refractivity (Wildman–Crippen MR) is 86.5 cm³/mol. The van der Waals surface area contributed by atoms with Gasteiger partial charge in [-0.3, -0.25) is 4.79 Å². The summed E-state index contributed by atoms with van der Waals surface area (Å²) in [6, 6.07) is 9.00. The van der Waals surface area contributed by atoms with Gasteiger partial charge in [0.25, 0.3) is 0 Å². The van der Waals surface area contributed by atoms with Crippen LogP contribution in [0.2, 0.25) is 0 Å². The lowest BCUT2D eigenvalue weighted by atomic mass is 9.85. The molecule has 0 atom stereocenters. The van der Waals surface area contributed by atoms with E-state index in [1.807, 2.05) is 6.92 Å². The molecule has 0 bridgehead atoms. The first-order valence-corrected chi connectivity index (χ1v) is 8.14. The van der Waals surface area contributed by atoms with Gasteiger partial charge in [-0.05, 0) is 50.2 Å². The fourth-order valence-corrected chi connectivity index (χ4v) is 3.09. The van der Waals surface area contributed by atoms with Crippen molar-refractivity contribution in [2.75, 3.05) is 11.9 Å². The molecule has 0 saturated heterocycles. The van der Waals surface area contributed by atoms with Crippen LogP contribution in [0.5, 0.6) is 0 Å². The number of carbonyl (C=O) groups excluding carboxylic acids is 1. The number of rotatable bonds is 5. The van der Waals surface area contributed by atoms with Crippen LogP contribution in [0, 0.1) is 5.92 Å². The number of benzene rings is 1. The molecule has 1 fully saturated rings. The van der Waals surface area contributed by atoms with Crippen LogP contribution in [0.15, 0.2) is 24.3 Å². The van der Waals surface area contributed by atoms with E-state index < -0.39 is 0 Å². The van der Waals surface area contributed by atoms with Crippen molar-refractivity contribution in [2.45, 2.75) is 58.4 Å². The minimum absolute atomic E-state index is 0.0152. The Morgan fingerprint density at radius 3 is 2.52 bits per heavy atom. The predicted octanol–water partition coefficient (Wildman–Crippen LogP) is 4.34. The fourth-order valence-electron chi connectivity index (χ4n) is 3.09. The van der Waals surface area contributed by atoms with Gasteiger partial charge in [0.2, 0.25) is 0 Å². The lowest BCUT2D eigenvalue weighted by Gasteiger charge is -2.29. The number of ether oxygens (including phenoxy) is 1. The Morgan fingerprint density at radius 1 is 1.24 bits per heavy atom. The van der Waals surface area contributed by atoms with E-state index in [4.69, 9.17) is 4.74 Å². The Hall–Kier alpha value is -1.51. The summed E-state index contributed by atoms with van der Waals surface area (Å²) in [4.78, 5) is 11.8. The van der Waals surface area contributed by atoms with Crippen molar-refractivity contribution in [1.82, 2.24) is 0 Å². The zero-order valence-corrected chi connectivity index (χ0v) is 13.4. The van der Waals surface area contributed by atoms with E-state index in [1.165, 1.54) is 11.3 Å². The molecule has 3 heteroatoms. The second kappa shape index (κ2) is 7.48. The highest BCUT2D eigenvalue weighted by Gasteiger charge is 2.27. The molecule has 0 aliphatic heterocycles. The van der Waals surface area contributed by atoms with Crippen molar-refractivity contribution < 1.29 is 9.53 Å². The van der Waals surface area contributed by atoms with Gasteiger partial charge in [-0.15, -0.1) is 0 Å². The van der Waals surface area contributed by atoms with E-state index in [9.17, 15) is 4.79 Å². The van der Waals surface area contributed by atoms with Gasteiger partial charge in [0, 0.05) is 11.7 Å². The number of para-hydroxylation sites is 1. The lowest BCUT2D eigenvalue weighted by Crippen LogP contribution is -2.30. The van der Waals surface area contributed by atoms with Gasteiger partial charge in [-0.2, -0.15) is 0 Å². The molecular weight excluding hydrogens is 262 g/mol. The molecule has 1 aliphatic rings. The van der Waals surface area contributed by atoms with Gasteiger partial charge < -0.3 is 10.1 Å². The van der Waals surface area contributed by atoms with Gasteiger partial charge >= 0.3 is 5.97 Å². The summed E-state index contributed by atoms with van der Waals surface area (Å²) in [5.74, 6) is 0.603. The van der Waals surface area contributed by atoms with Crippen LogP contribution in [0.1, 0.15) is 57.9 Å². The van der Waals surface area contributed by atoms with Crippen LogP contribution in [-0.4, -0.2) is 18.6 Å². The lowest BCUT2D eigenvalue weighted by molar-refractivity contribution is -0.149. The van der Waals surface area contributed by atoms with E-state index in [0.29, 0.717) is 18.6 Å². The summed E-state index contributed by atoms with van der Waals surface area (Å²) in [6.07, 6.45) is 3.94. The summed E-state index contributed by atoms with van der Waals surface area (Å²) in [6.45, 7) is 6.79. The molecule has 1 aromatic rings. The highest BCUT2D eigenvalue weighted by Crippen LogP contribution is 2.30. The summed E-state index contributed by atoms with van der Waals surface area (Å²) in [5, 5.41) is 3.67. The molecule has 0 amide bonds. The molecule has 0 unspecified atom stereocenters. The molecule has 116 valence electrons. The van der Waals surface area contributed by atoms with Crippen LogP contribution >= 0.6 is 0 Å². The number of esters is 1. The summed E-state index contributed by atoms with van der Waals surface area (Å²) >= 11 is 0. The van der Waals surface area contributed by atoms with Gasteiger partial charge in [0.15, 0.2) is 0 Å².